The van der Waals surface area contributed by atoms with E-state index in [-0.39, 0.29) is 0 Å². The van der Waals surface area contributed by atoms with E-state index in [1.807, 2.05) is 6.92 Å². The zero-order chi connectivity index (χ0) is 15.5. The Labute approximate surface area is 128 Å². The third-order valence-electron chi connectivity index (χ3n) is 4.53. The molecule has 0 atom stereocenters. The van der Waals surface area contributed by atoms with Gasteiger partial charge in [-0.15, -0.1) is 0 Å². The van der Waals surface area contributed by atoms with Crippen LogP contribution in [0.25, 0.3) is 0 Å². The van der Waals surface area contributed by atoms with Crippen LogP contribution in [0, 0.1) is 18.8 Å². The summed E-state index contributed by atoms with van der Waals surface area (Å²) in [5.74, 6) is 1.49. The van der Waals surface area contributed by atoms with E-state index < -0.39 is 10.0 Å². The maximum Gasteiger partial charge on any atom is 0.240 e. The molecule has 3 N–H and O–H groups in total. The minimum atomic E-state index is -3.42. The SMILES string of the molecule is Cc1cc(S(=O)(=O)NCCC2CCC(C)CC2)ccc1N. The molecule has 0 aliphatic heterocycles. The Bertz CT molecular complexity index is 576. The summed E-state index contributed by atoms with van der Waals surface area (Å²) >= 11 is 0. The zero-order valence-electron chi connectivity index (χ0n) is 12.9. The molecule has 1 aliphatic rings. The highest BCUT2D eigenvalue weighted by Gasteiger charge is 2.19. The van der Waals surface area contributed by atoms with Crippen LogP contribution in [-0.4, -0.2) is 15.0 Å². The Morgan fingerprint density at radius 3 is 2.52 bits per heavy atom. The Kier molecular flexibility index (Phi) is 5.27. The van der Waals surface area contributed by atoms with E-state index in [1.165, 1.54) is 25.7 Å². The van der Waals surface area contributed by atoms with Crippen LogP contribution < -0.4 is 10.5 Å². The molecule has 1 aromatic carbocycles. The Morgan fingerprint density at radius 1 is 1.24 bits per heavy atom. The summed E-state index contributed by atoms with van der Waals surface area (Å²) in [5.41, 5.74) is 7.13. The Balaban J connectivity index is 1.88. The summed E-state index contributed by atoms with van der Waals surface area (Å²) in [5, 5.41) is 0. The molecule has 0 amide bonds. The molecule has 0 unspecified atom stereocenters. The molecule has 0 bridgehead atoms. The minimum Gasteiger partial charge on any atom is -0.399 e. The molecule has 21 heavy (non-hydrogen) atoms. The molecule has 0 aromatic heterocycles. The molecule has 0 radical (unpaired) electrons. The summed E-state index contributed by atoms with van der Waals surface area (Å²) in [4.78, 5) is 0.298. The average Bonchev–Trinajstić information content (AvgIpc) is 2.44. The fourth-order valence-electron chi connectivity index (χ4n) is 2.91. The lowest BCUT2D eigenvalue weighted by Gasteiger charge is -2.26. The van der Waals surface area contributed by atoms with Crippen molar-refractivity contribution in [3.05, 3.63) is 23.8 Å². The summed E-state index contributed by atoms with van der Waals surface area (Å²) in [6.07, 6.45) is 5.93. The van der Waals surface area contributed by atoms with Gasteiger partial charge in [-0.25, -0.2) is 13.1 Å². The van der Waals surface area contributed by atoms with E-state index in [4.69, 9.17) is 5.73 Å². The van der Waals surface area contributed by atoms with Crippen LogP contribution >= 0.6 is 0 Å². The second-order valence-electron chi connectivity index (χ2n) is 6.33. The highest BCUT2D eigenvalue weighted by molar-refractivity contribution is 7.89. The Morgan fingerprint density at radius 2 is 1.90 bits per heavy atom. The van der Waals surface area contributed by atoms with Crippen molar-refractivity contribution in [3.8, 4) is 0 Å². The van der Waals surface area contributed by atoms with Crippen LogP contribution in [0.2, 0.25) is 0 Å². The maximum absolute atomic E-state index is 12.2. The van der Waals surface area contributed by atoms with Gasteiger partial charge in [-0.05, 0) is 48.9 Å². The summed E-state index contributed by atoms with van der Waals surface area (Å²) in [7, 11) is -3.42. The van der Waals surface area contributed by atoms with E-state index in [0.29, 0.717) is 23.0 Å². The third-order valence-corrected chi connectivity index (χ3v) is 5.99. The van der Waals surface area contributed by atoms with Crippen molar-refractivity contribution in [2.45, 2.75) is 50.8 Å². The van der Waals surface area contributed by atoms with Gasteiger partial charge < -0.3 is 5.73 Å². The number of sulfonamides is 1. The van der Waals surface area contributed by atoms with E-state index in [2.05, 4.69) is 11.6 Å². The summed E-state index contributed by atoms with van der Waals surface area (Å²) < 4.78 is 27.2. The van der Waals surface area contributed by atoms with E-state index in [1.54, 1.807) is 18.2 Å². The average molecular weight is 310 g/mol. The second-order valence-corrected chi connectivity index (χ2v) is 8.10. The monoisotopic (exact) mass is 310 g/mol. The second kappa shape index (κ2) is 6.79. The van der Waals surface area contributed by atoms with Gasteiger partial charge in [-0.2, -0.15) is 0 Å². The first-order chi connectivity index (χ1) is 9.88. The van der Waals surface area contributed by atoms with Gasteiger partial charge in [0.25, 0.3) is 0 Å². The van der Waals surface area contributed by atoms with Crippen LogP contribution in [-0.2, 0) is 10.0 Å². The van der Waals surface area contributed by atoms with Crippen molar-refractivity contribution >= 4 is 15.7 Å². The van der Waals surface area contributed by atoms with Crippen LogP contribution in [0.3, 0.4) is 0 Å². The zero-order valence-corrected chi connectivity index (χ0v) is 13.7. The van der Waals surface area contributed by atoms with Gasteiger partial charge in [0.1, 0.15) is 0 Å². The smallest absolute Gasteiger partial charge is 0.240 e. The van der Waals surface area contributed by atoms with Gasteiger partial charge in [0, 0.05) is 12.2 Å². The first kappa shape index (κ1) is 16.3. The molecule has 4 nitrogen and oxygen atoms in total. The van der Waals surface area contributed by atoms with Crippen molar-refractivity contribution in [1.29, 1.82) is 0 Å². The van der Waals surface area contributed by atoms with Crippen LogP contribution in [0.1, 0.15) is 44.6 Å². The van der Waals surface area contributed by atoms with E-state index in [0.717, 1.165) is 17.9 Å². The van der Waals surface area contributed by atoms with Crippen LogP contribution in [0.4, 0.5) is 5.69 Å². The number of hydrogen-bond donors (Lipinski definition) is 2. The number of aryl methyl sites for hydroxylation is 1. The number of anilines is 1. The predicted octanol–water partition coefficient (Wildman–Crippen LogP) is 3.07. The van der Waals surface area contributed by atoms with Crippen molar-refractivity contribution in [1.82, 2.24) is 4.72 Å². The molecular formula is C16H26N2O2S. The largest absolute Gasteiger partial charge is 0.399 e. The lowest BCUT2D eigenvalue weighted by atomic mass is 9.81. The minimum absolute atomic E-state index is 0.298. The molecular weight excluding hydrogens is 284 g/mol. The normalized spacial score (nSPS) is 23.1. The molecule has 1 aliphatic carbocycles. The maximum atomic E-state index is 12.2. The number of nitrogen functional groups attached to an aromatic ring is 1. The molecule has 1 aromatic rings. The standard InChI is InChI=1S/C16H26N2O2S/c1-12-3-5-14(6-4-12)9-10-18-21(19,20)15-7-8-16(17)13(2)11-15/h7-8,11-12,14,18H,3-6,9-10,17H2,1-2H3. The van der Waals surface area contributed by atoms with Gasteiger partial charge >= 0.3 is 0 Å². The van der Waals surface area contributed by atoms with Gasteiger partial charge in [0.15, 0.2) is 0 Å². The molecule has 0 heterocycles. The number of nitrogens with one attached hydrogen (secondary N) is 1. The van der Waals surface area contributed by atoms with Crippen molar-refractivity contribution < 1.29 is 8.42 Å². The molecule has 5 heteroatoms. The van der Waals surface area contributed by atoms with Gasteiger partial charge in [-0.1, -0.05) is 32.6 Å². The fraction of sp³-hybridized carbons (Fsp3) is 0.625. The van der Waals surface area contributed by atoms with Crippen molar-refractivity contribution in [2.75, 3.05) is 12.3 Å². The topological polar surface area (TPSA) is 72.2 Å². The van der Waals surface area contributed by atoms with Crippen LogP contribution in [0.5, 0.6) is 0 Å². The molecule has 2 rings (SSSR count). The van der Waals surface area contributed by atoms with Gasteiger partial charge in [0.05, 0.1) is 4.90 Å². The van der Waals surface area contributed by atoms with Crippen molar-refractivity contribution in [2.24, 2.45) is 11.8 Å². The summed E-state index contributed by atoms with van der Waals surface area (Å²) in [6, 6.07) is 4.83. The fourth-order valence-corrected chi connectivity index (χ4v) is 4.05. The number of benzene rings is 1. The van der Waals surface area contributed by atoms with Crippen molar-refractivity contribution in [3.63, 3.8) is 0 Å². The highest BCUT2D eigenvalue weighted by Crippen LogP contribution is 2.30. The first-order valence-electron chi connectivity index (χ1n) is 7.74. The first-order valence-corrected chi connectivity index (χ1v) is 9.22. The number of hydrogen-bond acceptors (Lipinski definition) is 3. The molecule has 0 saturated heterocycles. The van der Waals surface area contributed by atoms with Crippen LogP contribution in [0.15, 0.2) is 23.1 Å². The molecule has 1 fully saturated rings. The highest BCUT2D eigenvalue weighted by atomic mass is 32.2. The lowest BCUT2D eigenvalue weighted by Crippen LogP contribution is -2.27. The Hall–Kier alpha value is -1.07. The third kappa shape index (κ3) is 4.45. The van der Waals surface area contributed by atoms with E-state index >= 15 is 0 Å². The molecule has 1 saturated carbocycles. The summed E-state index contributed by atoms with van der Waals surface area (Å²) in [6.45, 7) is 4.63. The van der Waals surface area contributed by atoms with E-state index in [9.17, 15) is 8.42 Å². The number of nitrogens with two attached hydrogens (primary N) is 1. The quantitative estimate of drug-likeness (QED) is 0.821. The predicted molar refractivity (Wildman–Crippen MR) is 86.5 cm³/mol. The van der Waals surface area contributed by atoms with Gasteiger partial charge in [-0.3, -0.25) is 0 Å². The number of rotatable bonds is 5. The lowest BCUT2D eigenvalue weighted by molar-refractivity contribution is 0.278. The van der Waals surface area contributed by atoms with Gasteiger partial charge in [0.2, 0.25) is 10.0 Å². The molecule has 0 spiro atoms. The molecule has 118 valence electrons.